The highest BCUT2D eigenvalue weighted by Gasteiger charge is 2.34. The minimum atomic E-state index is 0.0590. The quantitative estimate of drug-likeness (QED) is 0.871. The largest absolute Gasteiger partial charge is 0.492 e. The van der Waals surface area contributed by atoms with Crippen LogP contribution in [0.15, 0.2) is 16.6 Å². The summed E-state index contributed by atoms with van der Waals surface area (Å²) in [5.74, 6) is 1.82. The zero-order valence-corrected chi connectivity index (χ0v) is 14.1. The van der Waals surface area contributed by atoms with Crippen LogP contribution < -0.4 is 10.1 Å². The first-order chi connectivity index (χ1) is 9.58. The molecule has 0 amide bonds. The Hall–Kier alpha value is -0.540. The van der Waals surface area contributed by atoms with Crippen LogP contribution in [0.25, 0.3) is 0 Å². The first-order valence-electron chi connectivity index (χ1n) is 7.77. The fourth-order valence-electron chi connectivity index (χ4n) is 3.27. The minimum absolute atomic E-state index is 0.0590. The molecule has 20 heavy (non-hydrogen) atoms. The fourth-order valence-corrected chi connectivity index (χ4v) is 3.96. The van der Waals surface area contributed by atoms with E-state index in [1.807, 2.05) is 0 Å². The van der Waals surface area contributed by atoms with Crippen molar-refractivity contribution < 1.29 is 4.74 Å². The van der Waals surface area contributed by atoms with Crippen LogP contribution in [0.4, 0.5) is 0 Å². The van der Waals surface area contributed by atoms with Crippen LogP contribution in [0.3, 0.4) is 0 Å². The average molecular weight is 338 g/mol. The molecule has 1 atom stereocenters. The maximum atomic E-state index is 6.22. The van der Waals surface area contributed by atoms with Gasteiger partial charge in [-0.25, -0.2) is 0 Å². The highest BCUT2D eigenvalue weighted by atomic mass is 79.9. The monoisotopic (exact) mass is 337 g/mol. The molecule has 2 nitrogen and oxygen atoms in total. The van der Waals surface area contributed by atoms with E-state index < -0.39 is 0 Å². The van der Waals surface area contributed by atoms with Gasteiger partial charge in [-0.1, -0.05) is 12.5 Å². The Morgan fingerprint density at radius 2 is 2.15 bits per heavy atom. The molecule has 0 radical (unpaired) electrons. The van der Waals surface area contributed by atoms with E-state index in [4.69, 9.17) is 4.74 Å². The van der Waals surface area contributed by atoms with E-state index in [0.717, 1.165) is 29.3 Å². The molecule has 2 fully saturated rings. The van der Waals surface area contributed by atoms with Crippen molar-refractivity contribution in [3.63, 3.8) is 0 Å². The molecule has 1 aliphatic heterocycles. The van der Waals surface area contributed by atoms with E-state index >= 15 is 0 Å². The van der Waals surface area contributed by atoms with E-state index in [9.17, 15) is 0 Å². The van der Waals surface area contributed by atoms with Crippen molar-refractivity contribution in [1.29, 1.82) is 0 Å². The molecular formula is C17H24BrNO. The van der Waals surface area contributed by atoms with Crippen molar-refractivity contribution in [3.05, 3.63) is 27.7 Å². The van der Waals surface area contributed by atoms with Gasteiger partial charge in [0.1, 0.15) is 5.75 Å². The molecule has 1 aliphatic carbocycles. The molecule has 3 heteroatoms. The van der Waals surface area contributed by atoms with Gasteiger partial charge in [0.15, 0.2) is 0 Å². The highest BCUT2D eigenvalue weighted by molar-refractivity contribution is 9.10. The molecule has 0 bridgehead atoms. The summed E-state index contributed by atoms with van der Waals surface area (Å²) in [6.07, 6.45) is 6.45. The van der Waals surface area contributed by atoms with Crippen LogP contribution >= 0.6 is 15.9 Å². The summed E-state index contributed by atoms with van der Waals surface area (Å²) in [5, 5.41) is 3.66. The molecule has 0 aromatic heterocycles. The molecule has 110 valence electrons. The second-order valence-corrected chi connectivity index (χ2v) is 7.45. The van der Waals surface area contributed by atoms with Crippen LogP contribution in [0.1, 0.15) is 50.2 Å². The summed E-state index contributed by atoms with van der Waals surface area (Å²) >= 11 is 3.71. The first kappa shape index (κ1) is 14.4. The summed E-state index contributed by atoms with van der Waals surface area (Å²) in [4.78, 5) is 0. The number of hydrogen-bond acceptors (Lipinski definition) is 2. The van der Waals surface area contributed by atoms with Gasteiger partial charge in [-0.05, 0) is 79.6 Å². The molecule has 1 aromatic rings. The smallest absolute Gasteiger partial charge is 0.138 e. The van der Waals surface area contributed by atoms with Gasteiger partial charge in [-0.15, -0.1) is 0 Å². The molecule has 1 N–H and O–H groups in total. The van der Waals surface area contributed by atoms with Crippen LogP contribution in [0.5, 0.6) is 5.75 Å². The zero-order chi connectivity index (χ0) is 14.2. The van der Waals surface area contributed by atoms with Gasteiger partial charge in [0.2, 0.25) is 0 Å². The summed E-state index contributed by atoms with van der Waals surface area (Å²) in [7, 11) is 0. The fraction of sp³-hybridized carbons (Fsp3) is 0.647. The molecule has 1 saturated heterocycles. The minimum Gasteiger partial charge on any atom is -0.492 e. The third-order valence-corrected chi connectivity index (χ3v) is 5.43. The number of hydrogen-bond donors (Lipinski definition) is 1. The van der Waals surface area contributed by atoms with Crippen molar-refractivity contribution in [2.45, 2.75) is 51.5 Å². The van der Waals surface area contributed by atoms with E-state index in [-0.39, 0.29) is 5.54 Å². The molecular weight excluding hydrogens is 314 g/mol. The van der Waals surface area contributed by atoms with Crippen molar-refractivity contribution in [1.82, 2.24) is 5.32 Å². The van der Waals surface area contributed by atoms with Gasteiger partial charge < -0.3 is 10.1 Å². The maximum absolute atomic E-state index is 6.22. The number of rotatable bonds is 4. The second kappa shape index (κ2) is 5.69. The van der Waals surface area contributed by atoms with Crippen molar-refractivity contribution in [2.75, 3.05) is 13.2 Å². The first-order valence-corrected chi connectivity index (χ1v) is 8.56. The standard InChI is InChI=1S/C17H24BrNO/c1-12-9-14(17(2)7-4-8-19-17)16(15(18)10-12)20-11-13-5-3-6-13/h9-10,13,19H,3-8,11H2,1-2H3. The van der Waals surface area contributed by atoms with Gasteiger partial charge in [-0.3, -0.25) is 0 Å². The van der Waals surface area contributed by atoms with Gasteiger partial charge in [-0.2, -0.15) is 0 Å². The Bertz CT molecular complexity index is 490. The van der Waals surface area contributed by atoms with Gasteiger partial charge in [0.25, 0.3) is 0 Å². The summed E-state index contributed by atoms with van der Waals surface area (Å²) in [6, 6.07) is 4.46. The Labute approximate surface area is 130 Å². The average Bonchev–Trinajstić information content (AvgIpc) is 2.77. The van der Waals surface area contributed by atoms with Crippen LogP contribution in [-0.2, 0) is 5.54 Å². The van der Waals surface area contributed by atoms with Crippen molar-refractivity contribution in [3.8, 4) is 5.75 Å². The Kier molecular flexibility index (Phi) is 4.09. The number of benzene rings is 1. The van der Waals surface area contributed by atoms with E-state index in [1.54, 1.807) is 0 Å². The predicted octanol–water partition coefficient (Wildman–Crippen LogP) is 4.54. The van der Waals surface area contributed by atoms with E-state index in [2.05, 4.69) is 47.2 Å². The number of nitrogens with one attached hydrogen (secondary N) is 1. The molecule has 0 spiro atoms. The molecule has 3 rings (SSSR count). The van der Waals surface area contributed by atoms with E-state index in [0.29, 0.717) is 0 Å². The second-order valence-electron chi connectivity index (χ2n) is 6.59. The molecule has 1 saturated carbocycles. The normalized spacial score (nSPS) is 26.6. The summed E-state index contributed by atoms with van der Waals surface area (Å²) in [5.41, 5.74) is 2.67. The lowest BCUT2D eigenvalue weighted by atomic mass is 9.86. The molecule has 1 aromatic carbocycles. The molecule has 2 aliphatic rings. The lowest BCUT2D eigenvalue weighted by Gasteiger charge is -2.31. The number of aryl methyl sites for hydroxylation is 1. The predicted molar refractivity (Wildman–Crippen MR) is 86.3 cm³/mol. The van der Waals surface area contributed by atoms with Gasteiger partial charge in [0.05, 0.1) is 11.1 Å². The van der Waals surface area contributed by atoms with Crippen molar-refractivity contribution >= 4 is 15.9 Å². The lowest BCUT2D eigenvalue weighted by molar-refractivity contribution is 0.176. The number of ether oxygens (including phenoxy) is 1. The molecule has 1 unspecified atom stereocenters. The highest BCUT2D eigenvalue weighted by Crippen LogP contribution is 2.41. The van der Waals surface area contributed by atoms with Crippen LogP contribution in [0.2, 0.25) is 0 Å². The Morgan fingerprint density at radius 1 is 1.35 bits per heavy atom. The summed E-state index contributed by atoms with van der Waals surface area (Å²) < 4.78 is 7.32. The lowest BCUT2D eigenvalue weighted by Crippen LogP contribution is -2.34. The van der Waals surface area contributed by atoms with Crippen molar-refractivity contribution in [2.24, 2.45) is 5.92 Å². The zero-order valence-electron chi connectivity index (χ0n) is 12.5. The maximum Gasteiger partial charge on any atom is 0.138 e. The van der Waals surface area contributed by atoms with Crippen LogP contribution in [-0.4, -0.2) is 13.2 Å². The summed E-state index contributed by atoms with van der Waals surface area (Å²) in [6.45, 7) is 6.43. The number of halogens is 1. The Balaban J connectivity index is 1.89. The Morgan fingerprint density at radius 3 is 2.75 bits per heavy atom. The van der Waals surface area contributed by atoms with Gasteiger partial charge in [0, 0.05) is 11.1 Å². The SMILES string of the molecule is Cc1cc(Br)c(OCC2CCC2)c(C2(C)CCCN2)c1. The molecule has 1 heterocycles. The topological polar surface area (TPSA) is 21.3 Å². The van der Waals surface area contributed by atoms with E-state index in [1.165, 1.54) is 43.2 Å². The third-order valence-electron chi connectivity index (χ3n) is 4.84. The van der Waals surface area contributed by atoms with Gasteiger partial charge >= 0.3 is 0 Å². The third kappa shape index (κ3) is 2.75. The van der Waals surface area contributed by atoms with Crippen LogP contribution in [0, 0.1) is 12.8 Å².